The second-order valence-electron chi connectivity index (χ2n) is 6.32. The number of benzene rings is 1. The molecule has 2 heteroatoms. The first-order chi connectivity index (χ1) is 9.64. The topological polar surface area (TPSA) is 15.3 Å². The summed E-state index contributed by atoms with van der Waals surface area (Å²) >= 11 is 0. The lowest BCUT2D eigenvalue weighted by atomic mass is 9.87. The third-order valence-corrected chi connectivity index (χ3v) is 5.15. The molecule has 0 amide bonds. The molecule has 2 unspecified atom stereocenters. The van der Waals surface area contributed by atoms with Crippen LogP contribution < -0.4 is 5.32 Å². The van der Waals surface area contributed by atoms with Gasteiger partial charge in [0.15, 0.2) is 0 Å². The summed E-state index contributed by atoms with van der Waals surface area (Å²) in [7, 11) is 0. The Morgan fingerprint density at radius 1 is 1.20 bits per heavy atom. The number of piperazine rings is 1. The summed E-state index contributed by atoms with van der Waals surface area (Å²) in [4.78, 5) is 2.77. The SMILES string of the molecule is CCC(CC)N1CC(c2ccccc2)NCC1(C)CC. The normalized spacial score (nSPS) is 27.9. The minimum absolute atomic E-state index is 0.294. The molecule has 20 heavy (non-hydrogen) atoms. The van der Waals surface area contributed by atoms with Crippen LogP contribution in [0.15, 0.2) is 30.3 Å². The first kappa shape index (κ1) is 15.5. The molecule has 1 saturated heterocycles. The number of nitrogens with one attached hydrogen (secondary N) is 1. The van der Waals surface area contributed by atoms with Crippen molar-refractivity contribution in [2.75, 3.05) is 13.1 Å². The van der Waals surface area contributed by atoms with Crippen LogP contribution >= 0.6 is 0 Å². The summed E-state index contributed by atoms with van der Waals surface area (Å²) in [6, 6.07) is 12.1. The van der Waals surface area contributed by atoms with Crippen LogP contribution in [-0.2, 0) is 0 Å². The van der Waals surface area contributed by atoms with Crippen molar-refractivity contribution >= 4 is 0 Å². The van der Waals surface area contributed by atoms with E-state index >= 15 is 0 Å². The van der Waals surface area contributed by atoms with Gasteiger partial charge in [0.2, 0.25) is 0 Å². The molecule has 0 radical (unpaired) electrons. The molecule has 0 spiro atoms. The van der Waals surface area contributed by atoms with Gasteiger partial charge in [-0.2, -0.15) is 0 Å². The summed E-state index contributed by atoms with van der Waals surface area (Å²) in [5.41, 5.74) is 1.71. The maximum atomic E-state index is 3.77. The van der Waals surface area contributed by atoms with Crippen molar-refractivity contribution in [3.63, 3.8) is 0 Å². The molecule has 112 valence electrons. The predicted molar refractivity (Wildman–Crippen MR) is 87.0 cm³/mol. The third-order valence-electron chi connectivity index (χ3n) is 5.15. The third kappa shape index (κ3) is 3.07. The number of hydrogen-bond acceptors (Lipinski definition) is 2. The van der Waals surface area contributed by atoms with Gasteiger partial charge in [0.05, 0.1) is 0 Å². The summed E-state index contributed by atoms with van der Waals surface area (Å²) < 4.78 is 0. The van der Waals surface area contributed by atoms with Gasteiger partial charge >= 0.3 is 0 Å². The molecule has 1 aromatic rings. The number of nitrogens with zero attached hydrogens (tertiary/aromatic N) is 1. The lowest BCUT2D eigenvalue weighted by Crippen LogP contribution is -2.63. The summed E-state index contributed by atoms with van der Waals surface area (Å²) in [5.74, 6) is 0. The highest BCUT2D eigenvalue weighted by Crippen LogP contribution is 2.31. The quantitative estimate of drug-likeness (QED) is 0.873. The minimum Gasteiger partial charge on any atom is -0.307 e. The highest BCUT2D eigenvalue weighted by molar-refractivity contribution is 5.20. The molecule has 0 aromatic heterocycles. The fraction of sp³-hybridized carbons (Fsp3) is 0.667. The molecule has 2 nitrogen and oxygen atoms in total. The van der Waals surface area contributed by atoms with Crippen LogP contribution in [0.5, 0.6) is 0 Å². The van der Waals surface area contributed by atoms with E-state index in [4.69, 9.17) is 0 Å². The zero-order valence-corrected chi connectivity index (χ0v) is 13.5. The van der Waals surface area contributed by atoms with E-state index in [-0.39, 0.29) is 0 Å². The van der Waals surface area contributed by atoms with Gasteiger partial charge in [-0.05, 0) is 31.7 Å². The fourth-order valence-electron chi connectivity index (χ4n) is 3.48. The largest absolute Gasteiger partial charge is 0.307 e. The molecule has 0 aliphatic carbocycles. The first-order valence-corrected chi connectivity index (χ1v) is 8.19. The minimum atomic E-state index is 0.294. The Kier molecular flexibility index (Phi) is 5.22. The van der Waals surface area contributed by atoms with Gasteiger partial charge in [-0.25, -0.2) is 0 Å². The van der Waals surface area contributed by atoms with Crippen LogP contribution in [0.1, 0.15) is 58.6 Å². The first-order valence-electron chi connectivity index (χ1n) is 8.19. The Morgan fingerprint density at radius 2 is 1.85 bits per heavy atom. The molecule has 1 N–H and O–H groups in total. The van der Waals surface area contributed by atoms with Gasteiger partial charge < -0.3 is 5.32 Å². The van der Waals surface area contributed by atoms with Crippen molar-refractivity contribution in [1.82, 2.24) is 10.2 Å². The fourth-order valence-corrected chi connectivity index (χ4v) is 3.48. The van der Waals surface area contributed by atoms with E-state index < -0.39 is 0 Å². The van der Waals surface area contributed by atoms with Crippen LogP contribution in [0.25, 0.3) is 0 Å². The monoisotopic (exact) mass is 274 g/mol. The van der Waals surface area contributed by atoms with Crippen molar-refractivity contribution in [2.24, 2.45) is 0 Å². The van der Waals surface area contributed by atoms with Gasteiger partial charge in [0, 0.05) is 30.7 Å². The van der Waals surface area contributed by atoms with Gasteiger partial charge in [-0.15, -0.1) is 0 Å². The van der Waals surface area contributed by atoms with Crippen molar-refractivity contribution in [3.8, 4) is 0 Å². The second kappa shape index (κ2) is 6.73. The molecule has 1 heterocycles. The van der Waals surface area contributed by atoms with Crippen molar-refractivity contribution in [2.45, 2.75) is 64.6 Å². The van der Waals surface area contributed by atoms with Crippen LogP contribution in [0.4, 0.5) is 0 Å². The molecular formula is C18H30N2. The Labute approximate surface area is 124 Å². The average molecular weight is 274 g/mol. The Balaban J connectivity index is 2.20. The van der Waals surface area contributed by atoms with Crippen molar-refractivity contribution < 1.29 is 0 Å². The predicted octanol–water partition coefficient (Wildman–Crippen LogP) is 3.99. The average Bonchev–Trinajstić information content (AvgIpc) is 2.51. The smallest absolute Gasteiger partial charge is 0.0450 e. The van der Waals surface area contributed by atoms with Gasteiger partial charge in [-0.1, -0.05) is 51.1 Å². The van der Waals surface area contributed by atoms with Crippen LogP contribution in [0, 0.1) is 0 Å². The molecule has 2 rings (SSSR count). The molecule has 0 bridgehead atoms. The molecule has 0 saturated carbocycles. The van der Waals surface area contributed by atoms with Crippen LogP contribution in [-0.4, -0.2) is 29.6 Å². The van der Waals surface area contributed by atoms with Crippen molar-refractivity contribution in [3.05, 3.63) is 35.9 Å². The van der Waals surface area contributed by atoms with Crippen molar-refractivity contribution in [1.29, 1.82) is 0 Å². The van der Waals surface area contributed by atoms with Gasteiger partial charge in [0.25, 0.3) is 0 Å². The zero-order chi connectivity index (χ0) is 14.6. The lowest BCUT2D eigenvalue weighted by Gasteiger charge is -2.51. The standard InChI is InChI=1S/C18H30N2/c1-5-16(6-2)20-13-17(15-11-9-8-10-12-15)19-14-18(20,4)7-3/h8-12,16-17,19H,5-7,13-14H2,1-4H3. The molecule has 1 aromatic carbocycles. The van der Waals surface area contributed by atoms with Crippen LogP contribution in [0.2, 0.25) is 0 Å². The van der Waals surface area contributed by atoms with E-state index in [0.717, 1.165) is 13.1 Å². The summed E-state index contributed by atoms with van der Waals surface area (Å²) in [5, 5.41) is 3.77. The van der Waals surface area contributed by atoms with Crippen LogP contribution in [0.3, 0.4) is 0 Å². The van der Waals surface area contributed by atoms with E-state index in [1.54, 1.807) is 0 Å². The molecule has 2 atom stereocenters. The Hall–Kier alpha value is -0.860. The van der Waals surface area contributed by atoms with Gasteiger partial charge in [0.1, 0.15) is 0 Å². The van der Waals surface area contributed by atoms with E-state index in [1.807, 2.05) is 0 Å². The summed E-state index contributed by atoms with van der Waals surface area (Å²) in [6.45, 7) is 11.6. The zero-order valence-electron chi connectivity index (χ0n) is 13.5. The number of hydrogen-bond donors (Lipinski definition) is 1. The Bertz CT molecular complexity index is 399. The van der Waals surface area contributed by atoms with E-state index in [9.17, 15) is 0 Å². The summed E-state index contributed by atoms with van der Waals surface area (Å²) in [6.07, 6.45) is 3.69. The highest BCUT2D eigenvalue weighted by atomic mass is 15.3. The lowest BCUT2D eigenvalue weighted by molar-refractivity contribution is 0.00667. The highest BCUT2D eigenvalue weighted by Gasteiger charge is 2.39. The van der Waals surface area contributed by atoms with E-state index in [2.05, 4.69) is 68.2 Å². The molecular weight excluding hydrogens is 244 g/mol. The van der Waals surface area contributed by atoms with E-state index in [0.29, 0.717) is 17.6 Å². The molecule has 1 fully saturated rings. The maximum Gasteiger partial charge on any atom is 0.0450 e. The van der Waals surface area contributed by atoms with Gasteiger partial charge in [-0.3, -0.25) is 4.90 Å². The maximum absolute atomic E-state index is 3.77. The second-order valence-corrected chi connectivity index (χ2v) is 6.32. The molecule has 1 aliphatic heterocycles. The Morgan fingerprint density at radius 3 is 2.40 bits per heavy atom. The number of rotatable bonds is 5. The molecule has 1 aliphatic rings. The van der Waals surface area contributed by atoms with E-state index in [1.165, 1.54) is 24.8 Å².